The molecule has 5 rings (SSSR count). The van der Waals surface area contributed by atoms with E-state index >= 15 is 0 Å². The van der Waals surface area contributed by atoms with Crippen LogP contribution in [0.4, 0.5) is 11.4 Å². The molecule has 180 valence electrons. The van der Waals surface area contributed by atoms with Gasteiger partial charge in [-0.1, -0.05) is 41.6 Å². The van der Waals surface area contributed by atoms with Crippen LogP contribution in [-0.4, -0.2) is 89.6 Å². The zero-order valence-corrected chi connectivity index (χ0v) is 20.2. The zero-order chi connectivity index (χ0) is 22.5. The number of anilines is 2. The number of hydrogen-bond donors (Lipinski definition) is 0. The van der Waals surface area contributed by atoms with E-state index < -0.39 is 0 Å². The highest BCUT2D eigenvalue weighted by Gasteiger charge is 2.24. The van der Waals surface area contributed by atoms with E-state index in [-0.39, 0.29) is 18.3 Å². The third kappa shape index (κ3) is 5.69. The van der Waals surface area contributed by atoms with Crippen LogP contribution in [0.25, 0.3) is 0 Å². The van der Waals surface area contributed by atoms with Gasteiger partial charge in [-0.05, 0) is 24.3 Å². The molecule has 0 unspecified atom stereocenters. The normalized spacial score (nSPS) is 16.9. The van der Waals surface area contributed by atoms with Crippen molar-refractivity contribution in [3.63, 3.8) is 0 Å². The molecular formula is C25H32ClN7O. The molecule has 2 aliphatic rings. The molecule has 8 nitrogen and oxygen atoms in total. The van der Waals surface area contributed by atoms with Crippen molar-refractivity contribution >= 4 is 29.7 Å². The van der Waals surface area contributed by atoms with Crippen molar-refractivity contribution in [3.8, 4) is 0 Å². The first-order valence-corrected chi connectivity index (χ1v) is 11.8. The summed E-state index contributed by atoms with van der Waals surface area (Å²) in [5.74, 6) is -0.0227. The largest absolute Gasteiger partial charge is 0.369 e. The molecule has 0 saturated carbocycles. The summed E-state index contributed by atoms with van der Waals surface area (Å²) in [5, 5.41) is 8.38. The van der Waals surface area contributed by atoms with Crippen molar-refractivity contribution in [2.24, 2.45) is 0 Å². The summed E-state index contributed by atoms with van der Waals surface area (Å²) in [7, 11) is 0. The predicted molar refractivity (Wildman–Crippen MR) is 137 cm³/mol. The van der Waals surface area contributed by atoms with Crippen LogP contribution in [0, 0.1) is 0 Å². The SMILES string of the molecule is Cl.O=C(c1cn(CCN2CCN(c3ccccc3)CC2)nn1)N1CCN(c2ccccc2)CC1. The quantitative estimate of drug-likeness (QED) is 0.539. The number of rotatable bonds is 6. The van der Waals surface area contributed by atoms with Crippen molar-refractivity contribution in [2.45, 2.75) is 6.54 Å². The van der Waals surface area contributed by atoms with Crippen molar-refractivity contribution in [3.05, 3.63) is 72.6 Å². The Labute approximate surface area is 207 Å². The van der Waals surface area contributed by atoms with Gasteiger partial charge in [-0.2, -0.15) is 0 Å². The van der Waals surface area contributed by atoms with E-state index in [0.29, 0.717) is 18.8 Å². The third-order valence-electron chi connectivity index (χ3n) is 6.58. The Bertz CT molecular complexity index is 1030. The molecule has 0 radical (unpaired) electrons. The van der Waals surface area contributed by atoms with Gasteiger partial charge in [0, 0.05) is 70.3 Å². The molecule has 2 aliphatic heterocycles. The molecule has 2 saturated heterocycles. The minimum atomic E-state index is -0.0227. The van der Waals surface area contributed by atoms with Crippen LogP contribution in [-0.2, 0) is 6.54 Å². The highest BCUT2D eigenvalue weighted by molar-refractivity contribution is 5.92. The van der Waals surface area contributed by atoms with Crippen LogP contribution in [0.2, 0.25) is 0 Å². The van der Waals surface area contributed by atoms with Gasteiger partial charge in [-0.3, -0.25) is 14.4 Å². The lowest BCUT2D eigenvalue weighted by Gasteiger charge is -2.36. The van der Waals surface area contributed by atoms with Crippen molar-refractivity contribution in [1.29, 1.82) is 0 Å². The topological polar surface area (TPSA) is 60.7 Å². The van der Waals surface area contributed by atoms with Gasteiger partial charge in [0.2, 0.25) is 0 Å². The Morgan fingerprint density at radius 3 is 1.79 bits per heavy atom. The van der Waals surface area contributed by atoms with E-state index in [1.807, 2.05) is 23.1 Å². The first-order valence-electron chi connectivity index (χ1n) is 11.8. The standard InChI is InChI=1S/C25H31N7O.ClH/c33-25(31-18-16-30(17-19-31)23-9-5-2-6-10-23)24-21-32(27-26-24)20-13-28-11-14-29(15-12-28)22-7-3-1-4-8-22;/h1-10,21H,11-20H2;1H. The van der Waals surface area contributed by atoms with Crippen LogP contribution in [0.1, 0.15) is 10.5 Å². The Morgan fingerprint density at radius 1 is 0.706 bits per heavy atom. The lowest BCUT2D eigenvalue weighted by atomic mass is 10.2. The van der Waals surface area contributed by atoms with Gasteiger partial charge < -0.3 is 14.7 Å². The van der Waals surface area contributed by atoms with Crippen LogP contribution in [0.15, 0.2) is 66.9 Å². The molecule has 1 aromatic heterocycles. The molecule has 1 amide bonds. The Hall–Kier alpha value is -3.10. The molecule has 0 atom stereocenters. The smallest absolute Gasteiger partial charge is 0.276 e. The van der Waals surface area contributed by atoms with Crippen molar-refractivity contribution in [2.75, 3.05) is 68.7 Å². The molecule has 0 N–H and O–H groups in total. The summed E-state index contributed by atoms with van der Waals surface area (Å²) in [5.41, 5.74) is 2.94. The monoisotopic (exact) mass is 481 g/mol. The van der Waals surface area contributed by atoms with E-state index in [1.165, 1.54) is 11.4 Å². The van der Waals surface area contributed by atoms with Crippen LogP contribution in [0.3, 0.4) is 0 Å². The maximum Gasteiger partial charge on any atom is 0.276 e. The summed E-state index contributed by atoms with van der Waals surface area (Å²) in [6.45, 7) is 8.83. The van der Waals surface area contributed by atoms with Crippen molar-refractivity contribution < 1.29 is 4.79 Å². The minimum absolute atomic E-state index is 0. The first-order chi connectivity index (χ1) is 16.3. The number of benzene rings is 2. The second kappa shape index (κ2) is 11.4. The van der Waals surface area contributed by atoms with Crippen LogP contribution in [0.5, 0.6) is 0 Å². The number of piperazine rings is 2. The number of carbonyl (C=O) groups excluding carboxylic acids is 1. The van der Waals surface area contributed by atoms with Gasteiger partial charge in [-0.25, -0.2) is 0 Å². The van der Waals surface area contributed by atoms with Gasteiger partial charge >= 0.3 is 0 Å². The highest BCUT2D eigenvalue weighted by Crippen LogP contribution is 2.17. The molecule has 9 heteroatoms. The number of para-hydroxylation sites is 2. The van der Waals surface area contributed by atoms with E-state index in [2.05, 4.69) is 67.5 Å². The molecule has 2 fully saturated rings. The number of carbonyl (C=O) groups is 1. The number of aromatic nitrogens is 3. The number of halogens is 1. The van der Waals surface area contributed by atoms with Gasteiger partial charge in [0.15, 0.2) is 5.69 Å². The van der Waals surface area contributed by atoms with E-state index in [9.17, 15) is 4.79 Å². The van der Waals surface area contributed by atoms with Crippen LogP contribution >= 0.6 is 12.4 Å². The van der Waals surface area contributed by atoms with Gasteiger partial charge in [0.05, 0.1) is 12.7 Å². The molecular weight excluding hydrogens is 450 g/mol. The highest BCUT2D eigenvalue weighted by atomic mass is 35.5. The maximum absolute atomic E-state index is 12.9. The van der Waals surface area contributed by atoms with E-state index in [4.69, 9.17) is 0 Å². The fraction of sp³-hybridized carbons (Fsp3) is 0.400. The van der Waals surface area contributed by atoms with Gasteiger partial charge in [0.1, 0.15) is 0 Å². The second-order valence-electron chi connectivity index (χ2n) is 8.65. The summed E-state index contributed by atoms with van der Waals surface area (Å²) < 4.78 is 1.80. The van der Waals surface area contributed by atoms with Gasteiger partial charge in [0.25, 0.3) is 5.91 Å². The fourth-order valence-electron chi connectivity index (χ4n) is 4.59. The van der Waals surface area contributed by atoms with Crippen LogP contribution < -0.4 is 9.80 Å². The number of nitrogens with zero attached hydrogens (tertiary/aromatic N) is 7. The second-order valence-corrected chi connectivity index (χ2v) is 8.65. The fourth-order valence-corrected chi connectivity index (χ4v) is 4.59. The average molecular weight is 482 g/mol. The minimum Gasteiger partial charge on any atom is -0.369 e. The Morgan fingerprint density at radius 2 is 1.24 bits per heavy atom. The molecule has 0 spiro atoms. The third-order valence-corrected chi connectivity index (χ3v) is 6.58. The summed E-state index contributed by atoms with van der Waals surface area (Å²) in [4.78, 5) is 22.0. The van der Waals surface area contributed by atoms with E-state index in [1.54, 1.807) is 10.9 Å². The molecule has 3 heterocycles. The average Bonchev–Trinajstić information content (AvgIpc) is 3.38. The van der Waals surface area contributed by atoms with Gasteiger partial charge in [-0.15, -0.1) is 17.5 Å². The molecule has 2 aromatic carbocycles. The molecule has 3 aromatic rings. The molecule has 34 heavy (non-hydrogen) atoms. The molecule has 0 bridgehead atoms. The summed E-state index contributed by atoms with van der Waals surface area (Å²) >= 11 is 0. The van der Waals surface area contributed by atoms with Crippen molar-refractivity contribution in [1.82, 2.24) is 24.8 Å². The predicted octanol–water partition coefficient (Wildman–Crippen LogP) is 2.48. The Balaban J connectivity index is 0.00000274. The first kappa shape index (κ1) is 24.0. The maximum atomic E-state index is 12.9. The zero-order valence-electron chi connectivity index (χ0n) is 19.4. The summed E-state index contributed by atoms with van der Waals surface area (Å²) in [6.07, 6.45) is 1.80. The lowest BCUT2D eigenvalue weighted by Crippen LogP contribution is -2.48. The number of amides is 1. The number of hydrogen-bond acceptors (Lipinski definition) is 6. The van der Waals surface area contributed by atoms with E-state index in [0.717, 1.165) is 52.4 Å². The molecule has 0 aliphatic carbocycles. The lowest BCUT2D eigenvalue weighted by molar-refractivity contribution is 0.0740. The Kier molecular flexibility index (Phi) is 8.03. The summed E-state index contributed by atoms with van der Waals surface area (Å²) in [6, 6.07) is 20.9.